The summed E-state index contributed by atoms with van der Waals surface area (Å²) in [4.78, 5) is 4.20. The van der Waals surface area contributed by atoms with Gasteiger partial charge in [-0.25, -0.2) is 13.4 Å². The molecule has 1 aromatic heterocycles. The number of alkyl halides is 2. The fourth-order valence-electron chi connectivity index (χ4n) is 3.76. The van der Waals surface area contributed by atoms with Crippen LogP contribution in [0.25, 0.3) is 11.0 Å². The molecule has 2 aromatic carbocycles. The Bertz CT molecular complexity index is 1180. The molecule has 0 spiro atoms. The number of rotatable bonds is 6. The van der Waals surface area contributed by atoms with Crippen LogP contribution < -0.4 is 10.5 Å². The summed E-state index contributed by atoms with van der Waals surface area (Å²) in [5.41, 5.74) is 7.15. The number of anilines is 2. The van der Waals surface area contributed by atoms with Crippen LogP contribution in [0.4, 0.5) is 20.2 Å². The molecule has 2 heterocycles. The second kappa shape index (κ2) is 8.08. The Morgan fingerprint density at radius 3 is 2.52 bits per heavy atom. The number of hydrogen-bond acceptors (Lipinski definition) is 5. The van der Waals surface area contributed by atoms with Crippen molar-refractivity contribution in [3.8, 4) is 0 Å². The zero-order valence-corrected chi connectivity index (χ0v) is 17.8. The number of nitrogens with zero attached hydrogens (tertiary/aromatic N) is 2. The number of hydrogen-bond donors (Lipinski definition) is 2. The molecule has 0 amide bonds. The quantitative estimate of drug-likeness (QED) is 0.554. The van der Waals surface area contributed by atoms with Gasteiger partial charge in [0.15, 0.2) is 5.82 Å². The third-order valence-electron chi connectivity index (χ3n) is 5.37. The highest BCUT2D eigenvalue weighted by molar-refractivity contribution is 7.92. The Kier molecular flexibility index (Phi) is 5.61. The molecule has 0 atom stereocenters. The van der Waals surface area contributed by atoms with Crippen LogP contribution in [0, 0.1) is 5.92 Å². The van der Waals surface area contributed by atoms with E-state index in [-0.39, 0.29) is 22.3 Å². The van der Waals surface area contributed by atoms with E-state index in [1.165, 1.54) is 30.3 Å². The van der Waals surface area contributed by atoms with Crippen molar-refractivity contribution >= 4 is 32.4 Å². The standard InChI is InChI=1S/C21H24F2N4O3S/c1-21(22,23)20-25-18-12-16(26-31(28,29)17-5-2-15(24)3-6-17)4-7-19(18)27(20)13-14-8-10-30-11-9-14/h2-7,12,14,26H,8-11,13,24H2,1H3. The van der Waals surface area contributed by atoms with Gasteiger partial charge < -0.3 is 15.0 Å². The summed E-state index contributed by atoms with van der Waals surface area (Å²) in [5.74, 6) is -3.24. The molecule has 3 aromatic rings. The fraction of sp³-hybridized carbons (Fsp3) is 0.381. The van der Waals surface area contributed by atoms with E-state index in [9.17, 15) is 17.2 Å². The van der Waals surface area contributed by atoms with Crippen molar-refractivity contribution in [2.24, 2.45) is 5.92 Å². The van der Waals surface area contributed by atoms with E-state index in [0.717, 1.165) is 19.8 Å². The zero-order chi connectivity index (χ0) is 22.2. The van der Waals surface area contributed by atoms with E-state index in [1.54, 1.807) is 16.7 Å². The predicted molar refractivity (Wildman–Crippen MR) is 115 cm³/mol. The predicted octanol–water partition coefficient (Wildman–Crippen LogP) is 3.96. The largest absolute Gasteiger partial charge is 0.399 e. The van der Waals surface area contributed by atoms with Gasteiger partial charge in [0.2, 0.25) is 0 Å². The van der Waals surface area contributed by atoms with E-state index < -0.39 is 15.9 Å². The number of imidazole rings is 1. The summed E-state index contributed by atoms with van der Waals surface area (Å²) in [6.07, 6.45) is 1.60. The highest BCUT2D eigenvalue weighted by Gasteiger charge is 2.33. The van der Waals surface area contributed by atoms with Gasteiger partial charge in [0.05, 0.1) is 21.6 Å². The maximum Gasteiger partial charge on any atom is 0.302 e. The molecule has 7 nitrogen and oxygen atoms in total. The van der Waals surface area contributed by atoms with Crippen molar-refractivity contribution in [3.05, 3.63) is 48.3 Å². The number of benzene rings is 2. The van der Waals surface area contributed by atoms with E-state index in [2.05, 4.69) is 9.71 Å². The number of nitrogens with two attached hydrogens (primary N) is 1. The van der Waals surface area contributed by atoms with Crippen LogP contribution in [0.15, 0.2) is 47.4 Å². The first-order valence-corrected chi connectivity index (χ1v) is 11.5. The average Bonchev–Trinajstić information content (AvgIpc) is 3.07. The number of fused-ring (bicyclic) bond motifs is 1. The maximum absolute atomic E-state index is 14.3. The van der Waals surface area contributed by atoms with Crippen LogP contribution >= 0.6 is 0 Å². The van der Waals surface area contributed by atoms with Crippen molar-refractivity contribution in [2.45, 2.75) is 37.1 Å². The molecule has 0 saturated carbocycles. The molecule has 0 radical (unpaired) electrons. The molecule has 1 aliphatic heterocycles. The third-order valence-corrected chi connectivity index (χ3v) is 6.76. The number of sulfonamides is 1. The number of ether oxygens (including phenoxy) is 1. The first kappa shape index (κ1) is 21.5. The number of aromatic nitrogens is 2. The Hall–Kier alpha value is -2.72. The zero-order valence-electron chi connectivity index (χ0n) is 17.0. The summed E-state index contributed by atoms with van der Waals surface area (Å²) in [7, 11) is -3.86. The second-order valence-corrected chi connectivity index (χ2v) is 9.55. The van der Waals surface area contributed by atoms with Gasteiger partial charge in [-0.15, -0.1) is 0 Å². The van der Waals surface area contributed by atoms with Gasteiger partial charge in [-0.3, -0.25) is 4.72 Å². The smallest absolute Gasteiger partial charge is 0.302 e. The van der Waals surface area contributed by atoms with Crippen LogP contribution in [0.5, 0.6) is 0 Å². The average molecular weight is 451 g/mol. The lowest BCUT2D eigenvalue weighted by atomic mass is 10.00. The Morgan fingerprint density at radius 1 is 1.19 bits per heavy atom. The van der Waals surface area contributed by atoms with Gasteiger partial charge in [0, 0.05) is 32.4 Å². The molecule has 10 heteroatoms. The van der Waals surface area contributed by atoms with Crippen molar-refractivity contribution in [1.29, 1.82) is 0 Å². The molecule has 1 saturated heterocycles. The summed E-state index contributed by atoms with van der Waals surface area (Å²) < 4.78 is 63.3. The third kappa shape index (κ3) is 4.64. The highest BCUT2D eigenvalue weighted by Crippen LogP contribution is 2.33. The number of nitrogens with one attached hydrogen (secondary N) is 1. The van der Waals surface area contributed by atoms with Gasteiger partial charge in [0.1, 0.15) is 0 Å². The minimum absolute atomic E-state index is 0.0487. The lowest BCUT2D eigenvalue weighted by Crippen LogP contribution is -2.24. The van der Waals surface area contributed by atoms with Crippen molar-refractivity contribution < 1.29 is 21.9 Å². The Balaban J connectivity index is 1.68. The van der Waals surface area contributed by atoms with Gasteiger partial charge in [-0.1, -0.05) is 0 Å². The van der Waals surface area contributed by atoms with E-state index in [1.807, 2.05) is 0 Å². The van der Waals surface area contributed by atoms with Gasteiger partial charge in [-0.2, -0.15) is 8.78 Å². The van der Waals surface area contributed by atoms with E-state index >= 15 is 0 Å². The maximum atomic E-state index is 14.3. The Morgan fingerprint density at radius 2 is 1.87 bits per heavy atom. The molecule has 31 heavy (non-hydrogen) atoms. The molecule has 0 unspecified atom stereocenters. The van der Waals surface area contributed by atoms with Crippen LogP contribution in [0.1, 0.15) is 25.6 Å². The molecule has 166 valence electrons. The molecule has 1 aliphatic rings. The summed E-state index contributed by atoms with van der Waals surface area (Å²) in [6, 6.07) is 10.4. The van der Waals surface area contributed by atoms with E-state index in [4.69, 9.17) is 10.5 Å². The molecule has 0 bridgehead atoms. The minimum atomic E-state index is -3.86. The second-order valence-electron chi connectivity index (χ2n) is 7.87. The van der Waals surface area contributed by atoms with Gasteiger partial charge >= 0.3 is 5.92 Å². The number of nitrogen functional groups attached to an aromatic ring is 1. The SMILES string of the molecule is CC(F)(F)c1nc2cc(NS(=O)(=O)c3ccc(N)cc3)ccc2n1CC1CCOCC1. The summed E-state index contributed by atoms with van der Waals surface area (Å²) in [5, 5.41) is 0. The Labute approximate surface area is 179 Å². The fourth-order valence-corrected chi connectivity index (χ4v) is 4.81. The molecule has 1 fully saturated rings. The monoisotopic (exact) mass is 450 g/mol. The first-order valence-electron chi connectivity index (χ1n) is 9.98. The normalized spacial score (nSPS) is 16.0. The van der Waals surface area contributed by atoms with E-state index in [0.29, 0.717) is 36.5 Å². The molecule has 0 aliphatic carbocycles. The van der Waals surface area contributed by atoms with Gasteiger partial charge in [0.25, 0.3) is 10.0 Å². The van der Waals surface area contributed by atoms with Gasteiger partial charge in [-0.05, 0) is 61.2 Å². The topological polar surface area (TPSA) is 99.2 Å². The number of halogens is 2. The van der Waals surface area contributed by atoms with Crippen LogP contribution in [0.2, 0.25) is 0 Å². The van der Waals surface area contributed by atoms with Crippen LogP contribution in [-0.2, 0) is 27.2 Å². The lowest BCUT2D eigenvalue weighted by molar-refractivity contribution is 0.00222. The first-order chi connectivity index (χ1) is 14.6. The summed E-state index contributed by atoms with van der Waals surface area (Å²) >= 11 is 0. The lowest BCUT2D eigenvalue weighted by Gasteiger charge is -2.24. The highest BCUT2D eigenvalue weighted by atomic mass is 32.2. The van der Waals surface area contributed by atoms with Crippen molar-refractivity contribution in [1.82, 2.24) is 9.55 Å². The van der Waals surface area contributed by atoms with Crippen LogP contribution in [-0.4, -0.2) is 31.2 Å². The molecule has 3 N–H and O–H groups in total. The molecule has 4 rings (SSSR count). The van der Waals surface area contributed by atoms with Crippen molar-refractivity contribution in [3.63, 3.8) is 0 Å². The molecular formula is C21H24F2N4O3S. The van der Waals surface area contributed by atoms with Crippen LogP contribution in [0.3, 0.4) is 0 Å². The van der Waals surface area contributed by atoms with Crippen molar-refractivity contribution in [2.75, 3.05) is 23.7 Å². The molecular weight excluding hydrogens is 426 g/mol. The summed E-state index contributed by atoms with van der Waals surface area (Å²) in [6.45, 7) is 2.47. The minimum Gasteiger partial charge on any atom is -0.399 e.